The van der Waals surface area contributed by atoms with E-state index in [-0.39, 0.29) is 0 Å². The van der Waals surface area contributed by atoms with Crippen molar-refractivity contribution in [3.8, 4) is 0 Å². The van der Waals surface area contributed by atoms with Gasteiger partial charge >= 0.3 is 5.97 Å². The molecule has 17 heavy (non-hydrogen) atoms. The third-order valence-electron chi connectivity index (χ3n) is 1.77. The normalized spacial score (nSPS) is 10.0. The van der Waals surface area contributed by atoms with Gasteiger partial charge in [-0.3, -0.25) is 20.2 Å². The summed E-state index contributed by atoms with van der Waals surface area (Å²) in [6.07, 6.45) is 0. The summed E-state index contributed by atoms with van der Waals surface area (Å²) < 4.78 is 0. The summed E-state index contributed by atoms with van der Waals surface area (Å²) in [5.41, 5.74) is -2.64. The lowest BCUT2D eigenvalue weighted by Crippen LogP contribution is -2.04. The first-order chi connectivity index (χ1) is 7.77. The van der Waals surface area contributed by atoms with Crippen LogP contribution in [-0.4, -0.2) is 20.9 Å². The molecule has 0 aliphatic rings. The third kappa shape index (κ3) is 2.27. The number of benzene rings is 1. The molecule has 1 rings (SSSR count). The van der Waals surface area contributed by atoms with Gasteiger partial charge in [-0.25, -0.2) is 4.79 Å². The molecule has 1 aromatic carbocycles. The predicted molar refractivity (Wildman–Crippen MR) is 56.7 cm³/mol. The standard InChI is InChI=1S/C7H2Cl2N2O6/c8-5-2(10(14)15)1-3(11(16)17)6(9)4(5)7(12)13/h1H,(H,12,13). The Morgan fingerprint density at radius 2 is 1.47 bits per heavy atom. The summed E-state index contributed by atoms with van der Waals surface area (Å²) in [6, 6.07) is 0.511. The number of hydrogen-bond donors (Lipinski definition) is 1. The first-order valence-corrected chi connectivity index (χ1v) is 4.57. The van der Waals surface area contributed by atoms with Crippen molar-refractivity contribution in [2.24, 2.45) is 0 Å². The lowest BCUT2D eigenvalue weighted by atomic mass is 10.1. The van der Waals surface area contributed by atoms with Gasteiger partial charge in [-0.1, -0.05) is 23.2 Å². The van der Waals surface area contributed by atoms with Gasteiger partial charge in [-0.2, -0.15) is 0 Å². The Kier molecular flexibility index (Phi) is 3.49. The average molecular weight is 281 g/mol. The average Bonchev–Trinajstić information content (AvgIpc) is 2.15. The molecule has 0 saturated carbocycles. The van der Waals surface area contributed by atoms with E-state index in [4.69, 9.17) is 28.3 Å². The summed E-state index contributed by atoms with van der Waals surface area (Å²) in [5, 5.41) is 28.3. The smallest absolute Gasteiger partial charge is 0.339 e. The molecule has 1 aromatic rings. The Morgan fingerprint density at radius 3 is 1.71 bits per heavy atom. The minimum Gasteiger partial charge on any atom is -0.478 e. The maximum Gasteiger partial charge on any atom is 0.339 e. The second-order valence-corrected chi connectivity index (χ2v) is 3.49. The van der Waals surface area contributed by atoms with Crippen LogP contribution in [0.25, 0.3) is 0 Å². The highest BCUT2D eigenvalue weighted by molar-refractivity contribution is 6.41. The molecular formula is C7H2Cl2N2O6. The molecule has 90 valence electrons. The number of carboxylic acids is 1. The van der Waals surface area contributed by atoms with Crippen LogP contribution in [0.3, 0.4) is 0 Å². The largest absolute Gasteiger partial charge is 0.478 e. The highest BCUT2D eigenvalue weighted by Crippen LogP contribution is 2.39. The summed E-state index contributed by atoms with van der Waals surface area (Å²) in [7, 11) is 0. The monoisotopic (exact) mass is 280 g/mol. The van der Waals surface area contributed by atoms with E-state index in [1.54, 1.807) is 0 Å². The van der Waals surface area contributed by atoms with Crippen LogP contribution in [0, 0.1) is 20.2 Å². The van der Waals surface area contributed by atoms with Crippen molar-refractivity contribution in [2.45, 2.75) is 0 Å². The van der Waals surface area contributed by atoms with Crippen LogP contribution in [0.15, 0.2) is 6.07 Å². The summed E-state index contributed by atoms with van der Waals surface area (Å²) in [4.78, 5) is 29.8. The predicted octanol–water partition coefficient (Wildman–Crippen LogP) is 2.51. The summed E-state index contributed by atoms with van der Waals surface area (Å²) in [5.74, 6) is -1.69. The highest BCUT2D eigenvalue weighted by atomic mass is 35.5. The number of rotatable bonds is 3. The fraction of sp³-hybridized carbons (Fsp3) is 0. The number of nitro groups is 2. The van der Waals surface area contributed by atoms with Crippen molar-refractivity contribution < 1.29 is 19.7 Å². The molecular weight excluding hydrogens is 279 g/mol. The van der Waals surface area contributed by atoms with Gasteiger partial charge in [-0.15, -0.1) is 0 Å². The summed E-state index contributed by atoms with van der Waals surface area (Å²) in [6.45, 7) is 0. The fourth-order valence-corrected chi connectivity index (χ4v) is 1.71. The fourth-order valence-electron chi connectivity index (χ4n) is 1.06. The topological polar surface area (TPSA) is 124 Å². The van der Waals surface area contributed by atoms with Crippen LogP contribution in [0.4, 0.5) is 11.4 Å². The molecule has 8 nitrogen and oxygen atoms in total. The van der Waals surface area contributed by atoms with Crippen molar-refractivity contribution in [3.63, 3.8) is 0 Å². The van der Waals surface area contributed by atoms with Crippen LogP contribution in [-0.2, 0) is 0 Å². The zero-order valence-electron chi connectivity index (χ0n) is 7.72. The number of halogens is 2. The van der Waals surface area contributed by atoms with Crippen LogP contribution in [0.1, 0.15) is 10.4 Å². The van der Waals surface area contributed by atoms with E-state index in [2.05, 4.69) is 0 Å². The molecule has 0 aliphatic carbocycles. The number of hydrogen-bond acceptors (Lipinski definition) is 5. The van der Waals surface area contributed by atoms with Crippen LogP contribution < -0.4 is 0 Å². The maximum atomic E-state index is 10.8. The van der Waals surface area contributed by atoms with E-state index < -0.39 is 42.8 Å². The van der Waals surface area contributed by atoms with Crippen molar-refractivity contribution in [1.82, 2.24) is 0 Å². The second-order valence-electron chi connectivity index (χ2n) is 2.74. The van der Waals surface area contributed by atoms with E-state index >= 15 is 0 Å². The molecule has 0 saturated heterocycles. The molecule has 1 N–H and O–H groups in total. The van der Waals surface area contributed by atoms with Gasteiger partial charge in [-0.05, 0) is 0 Å². The van der Waals surface area contributed by atoms with Gasteiger partial charge in [0, 0.05) is 0 Å². The lowest BCUT2D eigenvalue weighted by Gasteiger charge is -2.03. The molecule has 0 amide bonds. The molecule has 0 heterocycles. The van der Waals surface area contributed by atoms with Gasteiger partial charge in [0.2, 0.25) is 0 Å². The number of nitrogens with zero attached hydrogens (tertiary/aromatic N) is 2. The first-order valence-electron chi connectivity index (χ1n) is 3.81. The molecule has 0 aromatic heterocycles. The number of aromatic carboxylic acids is 1. The van der Waals surface area contributed by atoms with Crippen LogP contribution in [0.5, 0.6) is 0 Å². The third-order valence-corrected chi connectivity index (χ3v) is 2.53. The minimum atomic E-state index is -1.69. The molecule has 0 fully saturated rings. The van der Waals surface area contributed by atoms with E-state index in [1.807, 2.05) is 0 Å². The Bertz CT molecular complexity index is 505. The van der Waals surface area contributed by atoms with E-state index in [9.17, 15) is 25.0 Å². The van der Waals surface area contributed by atoms with E-state index in [1.165, 1.54) is 0 Å². The Morgan fingerprint density at radius 1 is 1.12 bits per heavy atom. The van der Waals surface area contributed by atoms with Crippen molar-refractivity contribution >= 4 is 40.5 Å². The molecule has 10 heteroatoms. The van der Waals surface area contributed by atoms with Gasteiger partial charge in [0.15, 0.2) is 0 Å². The quantitative estimate of drug-likeness (QED) is 0.670. The lowest BCUT2D eigenvalue weighted by molar-refractivity contribution is -0.394. The maximum absolute atomic E-state index is 10.8. The highest BCUT2D eigenvalue weighted by Gasteiger charge is 2.31. The van der Waals surface area contributed by atoms with Crippen molar-refractivity contribution in [3.05, 3.63) is 41.9 Å². The Labute approximate surface area is 103 Å². The van der Waals surface area contributed by atoms with Gasteiger partial charge < -0.3 is 5.11 Å². The number of carbonyl (C=O) groups is 1. The summed E-state index contributed by atoms with van der Waals surface area (Å²) >= 11 is 10.9. The van der Waals surface area contributed by atoms with Gasteiger partial charge in [0.1, 0.15) is 15.6 Å². The number of carboxylic acid groups (broad SMARTS) is 1. The van der Waals surface area contributed by atoms with E-state index in [0.717, 1.165) is 0 Å². The molecule has 0 spiro atoms. The number of nitro benzene ring substituents is 2. The molecule has 0 atom stereocenters. The molecule has 0 radical (unpaired) electrons. The Balaban J connectivity index is 3.76. The molecule has 0 unspecified atom stereocenters. The SMILES string of the molecule is O=C(O)c1c(Cl)c([N+](=O)[O-])cc([N+](=O)[O-])c1Cl. The van der Waals surface area contributed by atoms with Crippen LogP contribution in [0.2, 0.25) is 10.0 Å². The van der Waals surface area contributed by atoms with Crippen molar-refractivity contribution in [1.29, 1.82) is 0 Å². The molecule has 0 bridgehead atoms. The zero-order chi connectivity index (χ0) is 13.3. The van der Waals surface area contributed by atoms with Gasteiger partial charge in [0.05, 0.1) is 15.9 Å². The first kappa shape index (κ1) is 13.1. The van der Waals surface area contributed by atoms with E-state index in [0.29, 0.717) is 6.07 Å². The van der Waals surface area contributed by atoms with Crippen LogP contribution >= 0.6 is 23.2 Å². The van der Waals surface area contributed by atoms with Crippen molar-refractivity contribution in [2.75, 3.05) is 0 Å². The zero-order valence-corrected chi connectivity index (χ0v) is 9.23. The van der Waals surface area contributed by atoms with Gasteiger partial charge in [0.25, 0.3) is 11.4 Å². The Hall–Kier alpha value is -1.93. The minimum absolute atomic E-state index is 0.511. The second kappa shape index (κ2) is 4.52. The molecule has 0 aliphatic heterocycles.